The number of nitrogens with zero attached hydrogens (tertiary/aromatic N) is 2. The van der Waals surface area contributed by atoms with Crippen molar-refractivity contribution in [3.63, 3.8) is 0 Å². The molecule has 0 aliphatic carbocycles. The van der Waals surface area contributed by atoms with Crippen molar-refractivity contribution in [1.29, 1.82) is 0 Å². The highest BCUT2D eigenvalue weighted by Crippen LogP contribution is 2.24. The highest BCUT2D eigenvalue weighted by Gasteiger charge is 2.34. The number of halogens is 3. The van der Waals surface area contributed by atoms with E-state index in [9.17, 15) is 18.4 Å². The van der Waals surface area contributed by atoms with Crippen molar-refractivity contribution in [2.45, 2.75) is 39.3 Å². The van der Waals surface area contributed by atoms with Crippen LogP contribution in [0.3, 0.4) is 0 Å². The number of piperazine rings is 1. The number of carbonyl (C=O) groups excluding carboxylic acids is 2. The normalized spacial score (nSPS) is 18.3. The van der Waals surface area contributed by atoms with Crippen molar-refractivity contribution in [2.24, 2.45) is 0 Å². The van der Waals surface area contributed by atoms with Crippen LogP contribution < -0.4 is 0 Å². The molecule has 0 bridgehead atoms. The molecular weight excluding hydrogens is 398 g/mol. The van der Waals surface area contributed by atoms with Crippen LogP contribution in [0, 0.1) is 11.6 Å². The number of hydrogen-bond acceptors (Lipinski definition) is 3. The van der Waals surface area contributed by atoms with Crippen LogP contribution in [0.25, 0.3) is 0 Å². The maximum atomic E-state index is 14.1. The first kappa shape index (κ1) is 19.6. The Morgan fingerprint density at radius 1 is 1.24 bits per heavy atom. The second-order valence-corrected chi connectivity index (χ2v) is 7.85. The minimum Gasteiger partial charge on any atom is -0.444 e. The van der Waals surface area contributed by atoms with Crippen LogP contribution >= 0.6 is 15.9 Å². The molecule has 2 amide bonds. The third kappa shape index (κ3) is 4.48. The van der Waals surface area contributed by atoms with Crippen LogP contribution in [0.4, 0.5) is 13.6 Å². The maximum Gasteiger partial charge on any atom is 0.410 e. The third-order valence-electron chi connectivity index (χ3n) is 3.80. The van der Waals surface area contributed by atoms with E-state index in [-0.39, 0.29) is 30.1 Å². The van der Waals surface area contributed by atoms with E-state index >= 15 is 0 Å². The Bertz CT molecular complexity index is 691. The Hall–Kier alpha value is -1.70. The molecule has 1 aromatic carbocycles. The molecule has 1 aliphatic heterocycles. The smallest absolute Gasteiger partial charge is 0.410 e. The molecule has 1 atom stereocenters. The van der Waals surface area contributed by atoms with Gasteiger partial charge in [0.15, 0.2) is 5.82 Å². The summed E-state index contributed by atoms with van der Waals surface area (Å²) >= 11 is 2.96. The molecule has 25 heavy (non-hydrogen) atoms. The quantitative estimate of drug-likeness (QED) is 0.651. The Labute approximate surface area is 154 Å². The van der Waals surface area contributed by atoms with Gasteiger partial charge in [-0.05, 0) is 55.8 Å². The molecule has 1 heterocycles. The first-order chi connectivity index (χ1) is 11.5. The summed E-state index contributed by atoms with van der Waals surface area (Å²) in [6.07, 6.45) is -0.466. The summed E-state index contributed by atoms with van der Waals surface area (Å²) < 4.78 is 33.4. The standard InChI is InChI=1S/C17H21BrF2N2O3/c1-10-9-21(7-8-22(10)16(24)25-17(2,3)4)15(23)13-12(19)6-5-11(18)14(13)20/h5-6,10H,7-9H2,1-4H3. The Morgan fingerprint density at radius 3 is 2.44 bits per heavy atom. The fourth-order valence-corrected chi connectivity index (χ4v) is 2.95. The second-order valence-electron chi connectivity index (χ2n) is 6.99. The Kier molecular flexibility index (Phi) is 5.71. The molecule has 1 unspecified atom stereocenters. The van der Waals surface area contributed by atoms with Crippen LogP contribution in [0.2, 0.25) is 0 Å². The van der Waals surface area contributed by atoms with Gasteiger partial charge in [-0.15, -0.1) is 0 Å². The fourth-order valence-electron chi connectivity index (χ4n) is 2.62. The lowest BCUT2D eigenvalue weighted by atomic mass is 10.1. The van der Waals surface area contributed by atoms with E-state index in [1.54, 1.807) is 27.7 Å². The van der Waals surface area contributed by atoms with E-state index in [1.807, 2.05) is 0 Å². The molecule has 0 N–H and O–H groups in total. The van der Waals surface area contributed by atoms with Crippen LogP contribution in [0.15, 0.2) is 16.6 Å². The highest BCUT2D eigenvalue weighted by atomic mass is 79.9. The minimum atomic E-state index is -0.924. The molecule has 138 valence electrons. The largest absolute Gasteiger partial charge is 0.444 e. The lowest BCUT2D eigenvalue weighted by molar-refractivity contribution is 0.00182. The summed E-state index contributed by atoms with van der Waals surface area (Å²) in [5, 5.41) is 0. The van der Waals surface area contributed by atoms with E-state index in [1.165, 1.54) is 15.9 Å². The van der Waals surface area contributed by atoms with E-state index < -0.39 is 34.8 Å². The van der Waals surface area contributed by atoms with Crippen LogP contribution in [0.1, 0.15) is 38.1 Å². The van der Waals surface area contributed by atoms with Crippen molar-refractivity contribution in [2.75, 3.05) is 19.6 Å². The number of amides is 2. The van der Waals surface area contributed by atoms with Crippen molar-refractivity contribution in [3.8, 4) is 0 Å². The third-order valence-corrected chi connectivity index (χ3v) is 4.41. The van der Waals surface area contributed by atoms with Crippen molar-refractivity contribution < 1.29 is 23.1 Å². The number of hydrogen-bond donors (Lipinski definition) is 0. The molecule has 0 radical (unpaired) electrons. The molecule has 0 aromatic heterocycles. The zero-order chi connectivity index (χ0) is 18.9. The van der Waals surface area contributed by atoms with Gasteiger partial charge in [-0.25, -0.2) is 13.6 Å². The maximum absolute atomic E-state index is 14.1. The number of carbonyl (C=O) groups is 2. The summed E-state index contributed by atoms with van der Waals surface area (Å²) in [7, 11) is 0. The molecule has 0 saturated carbocycles. The van der Waals surface area contributed by atoms with Crippen molar-refractivity contribution in [1.82, 2.24) is 9.80 Å². The molecule has 8 heteroatoms. The van der Waals surface area contributed by atoms with Crippen LogP contribution in [0.5, 0.6) is 0 Å². The van der Waals surface area contributed by atoms with E-state index in [0.717, 1.165) is 6.07 Å². The highest BCUT2D eigenvalue weighted by molar-refractivity contribution is 9.10. The average Bonchev–Trinajstić information content (AvgIpc) is 2.49. The lowest BCUT2D eigenvalue weighted by Crippen LogP contribution is -2.56. The molecule has 0 spiro atoms. The van der Waals surface area contributed by atoms with Gasteiger partial charge in [0.2, 0.25) is 0 Å². The molecule has 1 fully saturated rings. The van der Waals surface area contributed by atoms with Gasteiger partial charge in [0, 0.05) is 25.7 Å². The first-order valence-corrected chi connectivity index (χ1v) is 8.73. The summed E-state index contributed by atoms with van der Waals surface area (Å²) in [4.78, 5) is 27.6. The van der Waals surface area contributed by atoms with Crippen molar-refractivity contribution in [3.05, 3.63) is 33.8 Å². The lowest BCUT2D eigenvalue weighted by Gasteiger charge is -2.40. The van der Waals surface area contributed by atoms with Gasteiger partial charge in [0.25, 0.3) is 5.91 Å². The molecule has 2 rings (SSSR count). The SMILES string of the molecule is CC1CN(C(=O)c2c(F)ccc(Br)c2F)CCN1C(=O)OC(C)(C)C. The number of ether oxygens (including phenoxy) is 1. The van der Waals surface area contributed by atoms with E-state index in [4.69, 9.17) is 4.74 Å². The number of benzene rings is 1. The summed E-state index contributed by atoms with van der Waals surface area (Å²) in [5.74, 6) is -2.56. The Morgan fingerprint density at radius 2 is 1.88 bits per heavy atom. The average molecular weight is 419 g/mol. The second kappa shape index (κ2) is 7.27. The van der Waals surface area contributed by atoms with Gasteiger partial charge < -0.3 is 14.5 Å². The van der Waals surface area contributed by atoms with Gasteiger partial charge in [-0.2, -0.15) is 0 Å². The van der Waals surface area contributed by atoms with Crippen molar-refractivity contribution >= 4 is 27.9 Å². The van der Waals surface area contributed by atoms with Gasteiger partial charge in [0.1, 0.15) is 17.0 Å². The molecule has 1 aromatic rings. The van der Waals surface area contributed by atoms with Crippen LogP contribution in [-0.2, 0) is 4.74 Å². The molecule has 1 aliphatic rings. The fraction of sp³-hybridized carbons (Fsp3) is 0.529. The first-order valence-electron chi connectivity index (χ1n) is 7.93. The topological polar surface area (TPSA) is 49.9 Å². The predicted molar refractivity (Wildman–Crippen MR) is 92.4 cm³/mol. The van der Waals surface area contributed by atoms with Gasteiger partial charge in [-0.1, -0.05) is 0 Å². The predicted octanol–water partition coefficient (Wildman–Crippen LogP) is 3.81. The van der Waals surface area contributed by atoms with E-state index in [2.05, 4.69) is 15.9 Å². The minimum absolute atomic E-state index is 0.0256. The summed E-state index contributed by atoms with van der Waals surface area (Å²) in [5.41, 5.74) is -1.21. The zero-order valence-corrected chi connectivity index (χ0v) is 16.2. The molecule has 1 saturated heterocycles. The summed E-state index contributed by atoms with van der Waals surface area (Å²) in [6.45, 7) is 7.66. The molecular formula is C17H21BrF2N2O3. The van der Waals surface area contributed by atoms with Gasteiger partial charge >= 0.3 is 6.09 Å². The summed E-state index contributed by atoms with van der Waals surface area (Å²) in [6, 6.07) is 1.93. The molecule has 5 nitrogen and oxygen atoms in total. The Balaban J connectivity index is 2.12. The van der Waals surface area contributed by atoms with Gasteiger partial charge in [0.05, 0.1) is 4.47 Å². The van der Waals surface area contributed by atoms with Crippen LogP contribution in [-0.4, -0.2) is 53.1 Å². The van der Waals surface area contributed by atoms with E-state index in [0.29, 0.717) is 0 Å². The number of rotatable bonds is 1. The monoisotopic (exact) mass is 418 g/mol. The zero-order valence-electron chi connectivity index (χ0n) is 14.6. The van der Waals surface area contributed by atoms with Gasteiger partial charge in [-0.3, -0.25) is 4.79 Å².